The van der Waals surface area contributed by atoms with Crippen molar-refractivity contribution in [1.82, 2.24) is 40.5 Å². The number of ether oxygens (including phenoxy) is 2. The fourth-order valence-corrected chi connectivity index (χ4v) is 5.17. The van der Waals surface area contributed by atoms with Crippen molar-refractivity contribution >= 4 is 11.8 Å². The second kappa shape index (κ2) is 15.8. The third-order valence-electron chi connectivity index (χ3n) is 7.60. The number of nitrogens with zero attached hydrogens (tertiary/aromatic N) is 6. The van der Waals surface area contributed by atoms with Crippen LogP contribution < -0.4 is 20.1 Å². The van der Waals surface area contributed by atoms with Crippen molar-refractivity contribution in [2.24, 2.45) is 0 Å². The predicted molar refractivity (Wildman–Crippen MR) is 168 cm³/mol. The summed E-state index contributed by atoms with van der Waals surface area (Å²) < 4.78 is 13.4. The smallest absolute Gasteiger partial charge is 0.255 e. The SMILES string of the molecule is CCc1ncc(CN2CCNC(=O)[C@H](Cc3ccccc3)NC(=O)c3cccc(OC)c3OCCCn3cc(nn3)CC2)cn1. The first-order valence-electron chi connectivity index (χ1n) is 15.4. The molecule has 0 saturated carbocycles. The predicted octanol–water partition coefficient (Wildman–Crippen LogP) is 2.62. The third kappa shape index (κ3) is 8.85. The van der Waals surface area contributed by atoms with Crippen molar-refractivity contribution in [3.63, 3.8) is 0 Å². The molecule has 0 fully saturated rings. The highest BCUT2D eigenvalue weighted by Gasteiger charge is 2.25. The minimum atomic E-state index is -0.807. The molecule has 4 aromatic rings. The Kier molecular flexibility index (Phi) is 11.1. The lowest BCUT2D eigenvalue weighted by atomic mass is 10.0. The lowest BCUT2D eigenvalue weighted by Crippen LogP contribution is -2.49. The highest BCUT2D eigenvalue weighted by molar-refractivity contribution is 6.00. The Morgan fingerprint density at radius 2 is 1.82 bits per heavy atom. The fourth-order valence-electron chi connectivity index (χ4n) is 5.17. The molecular formula is C33H40N8O4. The number of methoxy groups -OCH3 is 1. The number of aromatic nitrogens is 5. The van der Waals surface area contributed by atoms with E-state index in [4.69, 9.17) is 9.47 Å². The first-order chi connectivity index (χ1) is 22.0. The fraction of sp³-hybridized carbons (Fsp3) is 0.394. The molecule has 12 heteroatoms. The van der Waals surface area contributed by atoms with Crippen LogP contribution in [0.5, 0.6) is 11.5 Å². The largest absolute Gasteiger partial charge is 0.493 e. The van der Waals surface area contributed by atoms with Gasteiger partial charge in [-0.3, -0.25) is 19.2 Å². The van der Waals surface area contributed by atoms with Gasteiger partial charge in [-0.1, -0.05) is 48.5 Å². The number of benzene rings is 2. The van der Waals surface area contributed by atoms with Crippen molar-refractivity contribution < 1.29 is 19.1 Å². The summed E-state index contributed by atoms with van der Waals surface area (Å²) in [4.78, 5) is 38.4. The molecule has 12 nitrogen and oxygen atoms in total. The van der Waals surface area contributed by atoms with E-state index in [-0.39, 0.29) is 5.91 Å². The van der Waals surface area contributed by atoms with Gasteiger partial charge < -0.3 is 20.1 Å². The second-order valence-corrected chi connectivity index (χ2v) is 10.9. The molecule has 0 aliphatic carbocycles. The molecule has 5 rings (SSSR count). The van der Waals surface area contributed by atoms with E-state index in [1.54, 1.807) is 22.9 Å². The van der Waals surface area contributed by atoms with Crippen LogP contribution in [-0.2, 0) is 37.1 Å². The highest BCUT2D eigenvalue weighted by atomic mass is 16.5. The summed E-state index contributed by atoms with van der Waals surface area (Å²) in [5.41, 5.74) is 3.10. The van der Waals surface area contributed by atoms with E-state index in [0.29, 0.717) is 75.7 Å². The molecule has 1 aliphatic rings. The van der Waals surface area contributed by atoms with Gasteiger partial charge >= 0.3 is 0 Å². The van der Waals surface area contributed by atoms with E-state index >= 15 is 0 Å². The Labute approximate surface area is 263 Å². The standard InChI is InChI=1S/C33H40N8O4/c1-3-30-35-20-25(21-36-30)22-40-16-13-26-23-41(39-38-26)15-8-18-45-31-27(11-7-12-29(31)44-2)32(42)37-28(33(43)34-14-17-40)19-24-9-5-4-6-10-24/h4-7,9-12,20-21,23,28H,3,8,13-19,22H2,1-2H3,(H,34,43)(H,37,42)/t28-/m0/s1. The van der Waals surface area contributed by atoms with Gasteiger partial charge in [0.1, 0.15) is 11.9 Å². The number of para-hydroxylation sites is 1. The van der Waals surface area contributed by atoms with Crippen molar-refractivity contribution in [2.75, 3.05) is 33.4 Å². The lowest BCUT2D eigenvalue weighted by molar-refractivity contribution is -0.123. The summed E-state index contributed by atoms with van der Waals surface area (Å²) in [6, 6.07) is 14.0. The first-order valence-corrected chi connectivity index (χ1v) is 15.4. The number of nitrogens with one attached hydrogen (secondary N) is 2. The van der Waals surface area contributed by atoms with Gasteiger partial charge in [-0.15, -0.1) is 5.10 Å². The molecule has 0 radical (unpaired) electrons. The molecule has 1 aliphatic heterocycles. The van der Waals surface area contributed by atoms with Crippen LogP contribution in [-0.4, -0.2) is 81.1 Å². The van der Waals surface area contributed by atoms with Crippen LogP contribution >= 0.6 is 0 Å². The molecule has 1 atom stereocenters. The summed E-state index contributed by atoms with van der Waals surface area (Å²) in [6.45, 7) is 5.24. The lowest BCUT2D eigenvalue weighted by Gasteiger charge is -2.24. The average molecular weight is 613 g/mol. The van der Waals surface area contributed by atoms with E-state index in [0.717, 1.165) is 29.1 Å². The Morgan fingerprint density at radius 3 is 2.60 bits per heavy atom. The molecule has 2 aromatic heterocycles. The molecular weight excluding hydrogens is 572 g/mol. The van der Waals surface area contributed by atoms with Crippen LogP contribution in [0.2, 0.25) is 0 Å². The number of hydrogen-bond donors (Lipinski definition) is 2. The van der Waals surface area contributed by atoms with Crippen molar-refractivity contribution in [3.8, 4) is 11.5 Å². The molecule has 45 heavy (non-hydrogen) atoms. The zero-order valence-electron chi connectivity index (χ0n) is 25.8. The minimum absolute atomic E-state index is 0.269. The molecule has 2 bridgehead atoms. The number of amides is 2. The second-order valence-electron chi connectivity index (χ2n) is 10.9. The maximum Gasteiger partial charge on any atom is 0.255 e. The molecule has 0 unspecified atom stereocenters. The van der Waals surface area contributed by atoms with Gasteiger partial charge in [0.25, 0.3) is 5.91 Å². The van der Waals surface area contributed by atoms with Crippen LogP contribution in [0.3, 0.4) is 0 Å². The maximum atomic E-state index is 13.7. The van der Waals surface area contributed by atoms with Gasteiger partial charge in [0, 0.05) is 82.6 Å². The number of hydrogen-bond acceptors (Lipinski definition) is 9. The minimum Gasteiger partial charge on any atom is -0.493 e. The van der Waals surface area contributed by atoms with Crippen molar-refractivity contribution in [2.45, 2.75) is 51.7 Å². The van der Waals surface area contributed by atoms with Gasteiger partial charge in [-0.25, -0.2) is 9.97 Å². The molecule has 2 aromatic carbocycles. The normalized spacial score (nSPS) is 17.1. The summed E-state index contributed by atoms with van der Waals surface area (Å²) in [7, 11) is 1.53. The summed E-state index contributed by atoms with van der Waals surface area (Å²) in [6.07, 6.45) is 8.10. The zero-order chi connectivity index (χ0) is 31.4. The number of fused-ring (bicyclic) bond motifs is 3. The van der Waals surface area contributed by atoms with E-state index < -0.39 is 11.9 Å². The van der Waals surface area contributed by atoms with Crippen LogP contribution in [0.1, 0.15) is 46.3 Å². The van der Waals surface area contributed by atoms with E-state index in [1.165, 1.54) is 7.11 Å². The monoisotopic (exact) mass is 612 g/mol. The van der Waals surface area contributed by atoms with Gasteiger partial charge in [-0.05, 0) is 17.7 Å². The van der Waals surface area contributed by atoms with Crippen LogP contribution in [0, 0.1) is 0 Å². The molecule has 0 spiro atoms. The zero-order valence-corrected chi connectivity index (χ0v) is 25.8. The van der Waals surface area contributed by atoms with Crippen LogP contribution in [0.4, 0.5) is 0 Å². The number of rotatable bonds is 6. The van der Waals surface area contributed by atoms with E-state index in [2.05, 4.69) is 35.8 Å². The van der Waals surface area contributed by atoms with Gasteiger partial charge in [0.05, 0.1) is 25.0 Å². The van der Waals surface area contributed by atoms with Gasteiger partial charge in [0.15, 0.2) is 11.5 Å². The van der Waals surface area contributed by atoms with Crippen molar-refractivity contribution in [1.29, 1.82) is 0 Å². The summed E-state index contributed by atoms with van der Waals surface area (Å²) in [5.74, 6) is 0.886. The average Bonchev–Trinajstić information content (AvgIpc) is 3.53. The van der Waals surface area contributed by atoms with E-state index in [1.807, 2.05) is 55.8 Å². The number of carbonyl (C=O) groups is 2. The van der Waals surface area contributed by atoms with E-state index in [9.17, 15) is 9.59 Å². The van der Waals surface area contributed by atoms with Crippen LogP contribution in [0.15, 0.2) is 67.1 Å². The molecule has 236 valence electrons. The Hall–Kier alpha value is -4.84. The third-order valence-corrected chi connectivity index (χ3v) is 7.60. The Bertz CT molecular complexity index is 1540. The Balaban J connectivity index is 1.39. The number of aryl methyl sites for hydroxylation is 2. The summed E-state index contributed by atoms with van der Waals surface area (Å²) in [5, 5.41) is 14.7. The summed E-state index contributed by atoms with van der Waals surface area (Å²) >= 11 is 0. The molecule has 0 saturated heterocycles. The molecule has 2 amide bonds. The molecule has 3 heterocycles. The quantitative estimate of drug-likeness (QED) is 0.337. The first kappa shape index (κ1) is 31.6. The van der Waals surface area contributed by atoms with Gasteiger partial charge in [0.2, 0.25) is 5.91 Å². The maximum absolute atomic E-state index is 13.7. The van der Waals surface area contributed by atoms with Gasteiger partial charge in [-0.2, -0.15) is 0 Å². The molecule has 2 N–H and O–H groups in total. The Morgan fingerprint density at radius 1 is 1.00 bits per heavy atom. The van der Waals surface area contributed by atoms with Crippen molar-refractivity contribution in [3.05, 3.63) is 95.3 Å². The number of carbonyl (C=O) groups excluding carboxylic acids is 2. The topological polar surface area (TPSA) is 136 Å². The van der Waals surface area contributed by atoms with Crippen LogP contribution in [0.25, 0.3) is 0 Å². The highest BCUT2D eigenvalue weighted by Crippen LogP contribution is 2.31.